The molecule has 0 saturated heterocycles. The van der Waals surface area contributed by atoms with Crippen molar-refractivity contribution in [1.29, 1.82) is 0 Å². The molecule has 1 aromatic carbocycles. The first-order chi connectivity index (χ1) is 5.66. The van der Waals surface area contributed by atoms with E-state index in [4.69, 9.17) is 18.0 Å². The Bertz CT molecular complexity index is 309. The van der Waals surface area contributed by atoms with E-state index in [1.807, 2.05) is 13.0 Å². The van der Waals surface area contributed by atoms with Gasteiger partial charge in [-0.3, -0.25) is 0 Å². The van der Waals surface area contributed by atoms with E-state index in [1.54, 1.807) is 6.07 Å². The summed E-state index contributed by atoms with van der Waals surface area (Å²) in [6.07, 6.45) is 0.741. The molecule has 2 N–H and O–H groups in total. The van der Waals surface area contributed by atoms with Crippen LogP contribution in [-0.4, -0.2) is 4.99 Å². The lowest BCUT2D eigenvalue weighted by Gasteiger charge is -2.05. The highest BCUT2D eigenvalue weighted by atomic mass is 32.1. The normalized spacial score (nSPS) is 9.83. The van der Waals surface area contributed by atoms with Gasteiger partial charge in [0.25, 0.3) is 0 Å². The number of benzene rings is 1. The van der Waals surface area contributed by atoms with Crippen LogP contribution in [-0.2, 0) is 6.42 Å². The molecule has 3 heteroatoms. The van der Waals surface area contributed by atoms with E-state index in [-0.39, 0.29) is 10.8 Å². The van der Waals surface area contributed by atoms with Crippen LogP contribution in [0.5, 0.6) is 0 Å². The molecule has 0 saturated carbocycles. The average molecular weight is 183 g/mol. The Kier molecular flexibility index (Phi) is 2.76. The van der Waals surface area contributed by atoms with Gasteiger partial charge >= 0.3 is 0 Å². The zero-order chi connectivity index (χ0) is 9.14. The fourth-order valence-corrected chi connectivity index (χ4v) is 1.37. The first-order valence-corrected chi connectivity index (χ1v) is 4.14. The third-order valence-electron chi connectivity index (χ3n) is 1.73. The van der Waals surface area contributed by atoms with Gasteiger partial charge in [-0.15, -0.1) is 0 Å². The summed E-state index contributed by atoms with van der Waals surface area (Å²) in [5, 5.41) is 0. The quantitative estimate of drug-likeness (QED) is 0.710. The van der Waals surface area contributed by atoms with Gasteiger partial charge in [-0.1, -0.05) is 31.3 Å². The number of aryl methyl sites for hydroxylation is 1. The molecule has 0 aliphatic carbocycles. The molecule has 0 fully saturated rings. The minimum Gasteiger partial charge on any atom is -0.389 e. The molecule has 64 valence electrons. The predicted octanol–water partition coefficient (Wildman–Crippen LogP) is 2.02. The van der Waals surface area contributed by atoms with Gasteiger partial charge in [-0.25, -0.2) is 4.39 Å². The van der Waals surface area contributed by atoms with Crippen molar-refractivity contribution in [3.63, 3.8) is 0 Å². The SMILES string of the molecule is CCc1cccc(F)c1C(N)=S. The van der Waals surface area contributed by atoms with Crippen LogP contribution in [0.3, 0.4) is 0 Å². The van der Waals surface area contributed by atoms with Crippen LogP contribution in [0.1, 0.15) is 18.1 Å². The maximum Gasteiger partial charge on any atom is 0.133 e. The van der Waals surface area contributed by atoms with Crippen LogP contribution < -0.4 is 5.73 Å². The molecule has 0 bridgehead atoms. The minimum atomic E-state index is -0.332. The van der Waals surface area contributed by atoms with Gasteiger partial charge in [0.15, 0.2) is 0 Å². The second-order valence-electron chi connectivity index (χ2n) is 2.49. The summed E-state index contributed by atoms with van der Waals surface area (Å²) in [5.74, 6) is -0.332. The molecule has 0 radical (unpaired) electrons. The Morgan fingerprint density at radius 2 is 2.25 bits per heavy atom. The number of nitrogens with two attached hydrogens (primary N) is 1. The van der Waals surface area contributed by atoms with Crippen LogP contribution in [0.4, 0.5) is 4.39 Å². The van der Waals surface area contributed by atoms with Gasteiger partial charge < -0.3 is 5.73 Å². The summed E-state index contributed by atoms with van der Waals surface area (Å²) in [6, 6.07) is 4.86. The van der Waals surface area contributed by atoms with Crippen LogP contribution in [0.25, 0.3) is 0 Å². The number of hydrogen-bond acceptors (Lipinski definition) is 1. The lowest BCUT2D eigenvalue weighted by atomic mass is 10.1. The highest BCUT2D eigenvalue weighted by molar-refractivity contribution is 7.80. The Morgan fingerprint density at radius 3 is 2.67 bits per heavy atom. The molecule has 0 aliphatic heterocycles. The minimum absolute atomic E-state index is 0.130. The molecule has 0 aromatic heterocycles. The van der Waals surface area contributed by atoms with Gasteiger partial charge in [0, 0.05) is 5.56 Å². The zero-order valence-corrected chi connectivity index (χ0v) is 7.62. The average Bonchev–Trinajstić information content (AvgIpc) is 2.03. The molecule has 0 amide bonds. The number of thiocarbonyl (C=S) groups is 1. The van der Waals surface area contributed by atoms with Crippen molar-refractivity contribution in [3.8, 4) is 0 Å². The van der Waals surface area contributed by atoms with Crippen molar-refractivity contribution in [2.24, 2.45) is 5.73 Å². The number of hydrogen-bond donors (Lipinski definition) is 1. The van der Waals surface area contributed by atoms with E-state index in [0.29, 0.717) is 5.56 Å². The van der Waals surface area contributed by atoms with E-state index >= 15 is 0 Å². The Morgan fingerprint density at radius 1 is 1.58 bits per heavy atom. The van der Waals surface area contributed by atoms with Crippen molar-refractivity contribution in [1.82, 2.24) is 0 Å². The molecule has 1 rings (SSSR count). The summed E-state index contributed by atoms with van der Waals surface area (Å²) >= 11 is 4.74. The highest BCUT2D eigenvalue weighted by Crippen LogP contribution is 2.13. The fourth-order valence-electron chi connectivity index (χ4n) is 1.14. The summed E-state index contributed by atoms with van der Waals surface area (Å²) < 4.78 is 13.1. The highest BCUT2D eigenvalue weighted by Gasteiger charge is 2.08. The second kappa shape index (κ2) is 3.63. The van der Waals surface area contributed by atoms with Gasteiger partial charge in [0.05, 0.1) is 0 Å². The maximum absolute atomic E-state index is 13.1. The number of halogens is 1. The molecule has 12 heavy (non-hydrogen) atoms. The molecule has 1 nitrogen and oxygen atoms in total. The van der Waals surface area contributed by atoms with E-state index < -0.39 is 0 Å². The molecule has 0 heterocycles. The van der Waals surface area contributed by atoms with Crippen molar-refractivity contribution in [2.45, 2.75) is 13.3 Å². The van der Waals surface area contributed by atoms with E-state index in [2.05, 4.69) is 0 Å². The summed E-state index contributed by atoms with van der Waals surface area (Å²) in [6.45, 7) is 1.94. The lowest BCUT2D eigenvalue weighted by molar-refractivity contribution is 0.623. The zero-order valence-electron chi connectivity index (χ0n) is 6.80. The van der Waals surface area contributed by atoms with Crippen LogP contribution in [0.2, 0.25) is 0 Å². The monoisotopic (exact) mass is 183 g/mol. The van der Waals surface area contributed by atoms with Crippen molar-refractivity contribution in [3.05, 3.63) is 35.1 Å². The van der Waals surface area contributed by atoms with E-state index in [0.717, 1.165) is 12.0 Å². The molecule has 0 spiro atoms. The summed E-state index contributed by atoms with van der Waals surface area (Å²) in [4.78, 5) is 0.130. The van der Waals surface area contributed by atoms with E-state index in [9.17, 15) is 4.39 Å². The third-order valence-corrected chi connectivity index (χ3v) is 1.93. The third kappa shape index (κ3) is 1.61. The molecule has 0 aliphatic rings. The summed E-state index contributed by atoms with van der Waals surface area (Å²) in [7, 11) is 0. The molecule has 0 atom stereocenters. The lowest BCUT2D eigenvalue weighted by Crippen LogP contribution is -2.14. The smallest absolute Gasteiger partial charge is 0.133 e. The second-order valence-corrected chi connectivity index (χ2v) is 2.93. The van der Waals surface area contributed by atoms with Crippen molar-refractivity contribution < 1.29 is 4.39 Å². The van der Waals surface area contributed by atoms with Crippen molar-refractivity contribution in [2.75, 3.05) is 0 Å². The first kappa shape index (κ1) is 9.13. The topological polar surface area (TPSA) is 26.0 Å². The molecular weight excluding hydrogens is 173 g/mol. The standard InChI is InChI=1S/C9H10FNS/c1-2-6-4-3-5-7(10)8(6)9(11)12/h3-5H,2H2,1H3,(H2,11,12). The van der Waals surface area contributed by atoms with Gasteiger partial charge in [-0.05, 0) is 18.1 Å². The Labute approximate surface area is 76.4 Å². The molecular formula is C9H10FNS. The van der Waals surface area contributed by atoms with Crippen LogP contribution in [0, 0.1) is 5.82 Å². The molecule has 1 aromatic rings. The number of rotatable bonds is 2. The Hall–Kier alpha value is -0.960. The fraction of sp³-hybridized carbons (Fsp3) is 0.222. The van der Waals surface area contributed by atoms with Crippen LogP contribution >= 0.6 is 12.2 Å². The van der Waals surface area contributed by atoms with Gasteiger partial charge in [-0.2, -0.15) is 0 Å². The molecule has 0 unspecified atom stereocenters. The van der Waals surface area contributed by atoms with Crippen LogP contribution in [0.15, 0.2) is 18.2 Å². The maximum atomic E-state index is 13.1. The van der Waals surface area contributed by atoms with Gasteiger partial charge in [0.2, 0.25) is 0 Å². The van der Waals surface area contributed by atoms with Gasteiger partial charge in [0.1, 0.15) is 10.8 Å². The predicted molar refractivity (Wildman–Crippen MR) is 51.7 cm³/mol. The first-order valence-electron chi connectivity index (χ1n) is 3.74. The Balaban J connectivity index is 3.29. The largest absolute Gasteiger partial charge is 0.389 e. The van der Waals surface area contributed by atoms with Crippen molar-refractivity contribution >= 4 is 17.2 Å². The summed E-state index contributed by atoms with van der Waals surface area (Å²) in [5.41, 5.74) is 6.63. The van der Waals surface area contributed by atoms with E-state index in [1.165, 1.54) is 6.07 Å².